The Hall–Kier alpha value is -2.65. The van der Waals surface area contributed by atoms with Crippen LogP contribution in [0.5, 0.6) is 0 Å². The topological polar surface area (TPSA) is 103 Å². The highest BCUT2D eigenvalue weighted by Crippen LogP contribution is 2.26. The highest BCUT2D eigenvalue weighted by Gasteiger charge is 2.38. The van der Waals surface area contributed by atoms with E-state index in [2.05, 4.69) is 4.74 Å². The van der Waals surface area contributed by atoms with Gasteiger partial charge in [0.1, 0.15) is 18.2 Å². The van der Waals surface area contributed by atoms with Crippen LogP contribution in [0.1, 0.15) is 35.4 Å². The molecule has 1 aliphatic rings. The van der Waals surface area contributed by atoms with Gasteiger partial charge in [0.2, 0.25) is 10.0 Å². The van der Waals surface area contributed by atoms with Crippen molar-refractivity contribution in [2.24, 2.45) is 0 Å². The van der Waals surface area contributed by atoms with Crippen molar-refractivity contribution in [1.82, 2.24) is 4.31 Å². The van der Waals surface area contributed by atoms with Gasteiger partial charge in [0.15, 0.2) is 5.76 Å². The molecular formula is C19H21NO7S. The summed E-state index contributed by atoms with van der Waals surface area (Å²) in [6.45, 7) is -0.0445. The minimum atomic E-state index is -3.82. The first-order valence-electron chi connectivity index (χ1n) is 8.83. The monoisotopic (exact) mass is 407 g/mol. The zero-order valence-electron chi connectivity index (χ0n) is 15.4. The van der Waals surface area contributed by atoms with Crippen molar-refractivity contribution in [3.05, 3.63) is 54.0 Å². The van der Waals surface area contributed by atoms with E-state index in [9.17, 15) is 18.0 Å². The second kappa shape index (κ2) is 8.57. The minimum absolute atomic E-state index is 0.133. The highest BCUT2D eigenvalue weighted by atomic mass is 32.2. The number of nitrogens with zero attached hydrogens (tertiary/aromatic N) is 1. The van der Waals surface area contributed by atoms with Crippen molar-refractivity contribution in [3.63, 3.8) is 0 Å². The lowest BCUT2D eigenvalue weighted by atomic mass is 10.1. The predicted molar refractivity (Wildman–Crippen MR) is 97.8 cm³/mol. The molecular weight excluding hydrogens is 386 g/mol. The van der Waals surface area contributed by atoms with E-state index < -0.39 is 28.0 Å². The van der Waals surface area contributed by atoms with Crippen molar-refractivity contribution in [2.45, 2.75) is 36.8 Å². The average Bonchev–Trinajstić information content (AvgIpc) is 3.20. The number of sulfonamides is 1. The number of piperidine rings is 1. The third kappa shape index (κ3) is 4.10. The van der Waals surface area contributed by atoms with E-state index in [1.54, 1.807) is 18.2 Å². The molecule has 1 fully saturated rings. The molecule has 9 heteroatoms. The molecule has 0 amide bonds. The number of carbonyl (C=O) groups excluding carboxylic acids is 2. The van der Waals surface area contributed by atoms with E-state index in [0.717, 1.165) is 6.42 Å². The lowest BCUT2D eigenvalue weighted by Crippen LogP contribution is -2.48. The van der Waals surface area contributed by atoms with Crippen LogP contribution in [0, 0.1) is 0 Å². The van der Waals surface area contributed by atoms with Gasteiger partial charge >= 0.3 is 11.9 Å². The molecule has 3 rings (SSSR count). The van der Waals surface area contributed by atoms with Gasteiger partial charge in [-0.05, 0) is 37.5 Å². The fraction of sp³-hybridized carbons (Fsp3) is 0.368. The molecule has 2 aromatic rings. The molecule has 150 valence electrons. The van der Waals surface area contributed by atoms with E-state index in [0.29, 0.717) is 12.8 Å². The molecule has 1 saturated heterocycles. The van der Waals surface area contributed by atoms with Crippen LogP contribution in [0.25, 0.3) is 0 Å². The molecule has 28 heavy (non-hydrogen) atoms. The van der Waals surface area contributed by atoms with E-state index in [1.165, 1.54) is 35.9 Å². The Morgan fingerprint density at radius 1 is 1.18 bits per heavy atom. The van der Waals surface area contributed by atoms with Gasteiger partial charge in [-0.15, -0.1) is 0 Å². The first-order valence-corrected chi connectivity index (χ1v) is 10.3. The summed E-state index contributed by atoms with van der Waals surface area (Å²) in [5.74, 6) is -1.13. The standard InChI is InChI=1S/C19H21NO7S/c1-25-18(21)15-10-12-26-17(15)13-27-19(22)16-9-5-6-11-20(16)28(23,24)14-7-3-2-4-8-14/h2-4,7-8,10,12,16H,5-6,9,11,13H2,1H3. The number of carbonyl (C=O) groups is 2. The summed E-state index contributed by atoms with van der Waals surface area (Å²) < 4.78 is 42.2. The van der Waals surface area contributed by atoms with Gasteiger partial charge < -0.3 is 13.9 Å². The number of benzene rings is 1. The van der Waals surface area contributed by atoms with Crippen molar-refractivity contribution in [2.75, 3.05) is 13.7 Å². The van der Waals surface area contributed by atoms with E-state index in [-0.39, 0.29) is 29.4 Å². The summed E-state index contributed by atoms with van der Waals surface area (Å²) in [5.41, 5.74) is 0.160. The van der Waals surface area contributed by atoms with Gasteiger partial charge in [0.05, 0.1) is 18.3 Å². The maximum atomic E-state index is 13.0. The van der Waals surface area contributed by atoms with Crippen LogP contribution >= 0.6 is 0 Å². The maximum Gasteiger partial charge on any atom is 0.341 e. The molecule has 0 saturated carbocycles. The molecule has 0 radical (unpaired) electrons. The van der Waals surface area contributed by atoms with Gasteiger partial charge in [0, 0.05) is 6.54 Å². The molecule has 1 aromatic heterocycles. The summed E-state index contributed by atoms with van der Waals surface area (Å²) in [7, 11) is -2.58. The molecule has 0 aliphatic carbocycles. The van der Waals surface area contributed by atoms with Gasteiger partial charge in [-0.25, -0.2) is 13.2 Å². The Labute approximate surface area is 163 Å². The lowest BCUT2D eigenvalue weighted by Gasteiger charge is -2.32. The second-order valence-corrected chi connectivity index (χ2v) is 8.19. The molecule has 0 N–H and O–H groups in total. The quantitative estimate of drug-likeness (QED) is 0.677. The SMILES string of the molecule is COC(=O)c1ccoc1COC(=O)C1CCCCN1S(=O)(=O)c1ccccc1. The molecule has 1 aromatic carbocycles. The lowest BCUT2D eigenvalue weighted by molar-refractivity contribution is -0.151. The molecule has 1 unspecified atom stereocenters. The average molecular weight is 407 g/mol. The summed E-state index contributed by atoms with van der Waals surface area (Å²) in [6, 6.07) is 8.49. The third-order valence-electron chi connectivity index (χ3n) is 4.57. The molecule has 8 nitrogen and oxygen atoms in total. The predicted octanol–water partition coefficient (Wildman–Crippen LogP) is 2.35. The molecule has 1 atom stereocenters. The van der Waals surface area contributed by atoms with Crippen molar-refractivity contribution < 1.29 is 31.9 Å². The van der Waals surface area contributed by atoms with Crippen LogP contribution in [0.15, 0.2) is 52.0 Å². The molecule has 2 heterocycles. The Bertz CT molecular complexity index is 936. The number of hydrogen-bond donors (Lipinski definition) is 0. The molecule has 1 aliphatic heterocycles. The van der Waals surface area contributed by atoms with Crippen molar-refractivity contribution >= 4 is 22.0 Å². The summed E-state index contributed by atoms with van der Waals surface area (Å²) >= 11 is 0. The minimum Gasteiger partial charge on any atom is -0.465 e. The normalized spacial score (nSPS) is 17.8. The smallest absolute Gasteiger partial charge is 0.341 e. The first kappa shape index (κ1) is 20.1. The van der Waals surface area contributed by atoms with Gasteiger partial charge in [-0.3, -0.25) is 4.79 Å². The van der Waals surface area contributed by atoms with Crippen LogP contribution in [0.3, 0.4) is 0 Å². The second-order valence-electron chi connectivity index (χ2n) is 6.30. The molecule has 0 spiro atoms. The summed E-state index contributed by atoms with van der Waals surface area (Å²) in [6.07, 6.45) is 3.05. The number of hydrogen-bond acceptors (Lipinski definition) is 7. The van der Waals surface area contributed by atoms with Crippen LogP contribution in [-0.4, -0.2) is 44.4 Å². The van der Waals surface area contributed by atoms with Crippen molar-refractivity contribution in [3.8, 4) is 0 Å². The number of methoxy groups -OCH3 is 1. The maximum absolute atomic E-state index is 13.0. The van der Waals surface area contributed by atoms with Crippen LogP contribution < -0.4 is 0 Å². The van der Waals surface area contributed by atoms with Gasteiger partial charge in [-0.1, -0.05) is 18.2 Å². The zero-order chi connectivity index (χ0) is 20.1. The van der Waals surface area contributed by atoms with E-state index >= 15 is 0 Å². The van der Waals surface area contributed by atoms with Crippen molar-refractivity contribution in [1.29, 1.82) is 0 Å². The summed E-state index contributed by atoms with van der Waals surface area (Å²) in [5, 5.41) is 0. The third-order valence-corrected chi connectivity index (χ3v) is 6.49. The number of rotatable bonds is 6. The largest absolute Gasteiger partial charge is 0.465 e. The highest BCUT2D eigenvalue weighted by molar-refractivity contribution is 7.89. The Kier molecular flexibility index (Phi) is 6.15. The Balaban J connectivity index is 1.75. The number of esters is 2. The number of ether oxygens (including phenoxy) is 2. The van der Waals surface area contributed by atoms with E-state index in [4.69, 9.17) is 9.15 Å². The van der Waals surface area contributed by atoms with Gasteiger partial charge in [-0.2, -0.15) is 4.31 Å². The van der Waals surface area contributed by atoms with E-state index in [1.807, 2.05) is 0 Å². The molecule has 0 bridgehead atoms. The summed E-state index contributed by atoms with van der Waals surface area (Å²) in [4.78, 5) is 24.5. The first-order chi connectivity index (χ1) is 13.4. The van der Waals surface area contributed by atoms with Gasteiger partial charge in [0.25, 0.3) is 0 Å². The fourth-order valence-electron chi connectivity index (χ4n) is 3.13. The van der Waals surface area contributed by atoms with Crippen LogP contribution in [0.4, 0.5) is 0 Å². The fourth-order valence-corrected chi connectivity index (χ4v) is 4.80. The number of furan rings is 1. The Morgan fingerprint density at radius 3 is 2.64 bits per heavy atom. The van der Waals surface area contributed by atoms with Crippen LogP contribution in [-0.2, 0) is 30.9 Å². The zero-order valence-corrected chi connectivity index (χ0v) is 16.2. The van der Waals surface area contributed by atoms with Crippen LogP contribution in [0.2, 0.25) is 0 Å². The Morgan fingerprint density at radius 2 is 1.93 bits per heavy atom.